The lowest BCUT2D eigenvalue weighted by atomic mass is 10.0. The molecule has 0 spiro atoms. The molecule has 4 rings (SSSR count). The minimum Gasteiger partial charge on any atom is -0.487 e. The van der Waals surface area contributed by atoms with Crippen LogP contribution in [-0.4, -0.2) is 82.1 Å². The van der Waals surface area contributed by atoms with Crippen LogP contribution in [0.25, 0.3) is 0 Å². The lowest BCUT2D eigenvalue weighted by Crippen LogP contribution is -2.49. The Hall–Kier alpha value is -2.81. The van der Waals surface area contributed by atoms with E-state index in [0.717, 1.165) is 17.1 Å². The van der Waals surface area contributed by atoms with Crippen LogP contribution in [0.3, 0.4) is 0 Å². The van der Waals surface area contributed by atoms with Crippen molar-refractivity contribution in [1.82, 2.24) is 9.21 Å². The Kier molecular flexibility index (Phi) is 8.62. The van der Waals surface area contributed by atoms with Gasteiger partial charge in [0.05, 0.1) is 6.61 Å². The van der Waals surface area contributed by atoms with Crippen LogP contribution >= 0.6 is 0 Å². The second kappa shape index (κ2) is 11.7. The highest BCUT2D eigenvalue weighted by Gasteiger charge is 2.38. The highest BCUT2D eigenvalue weighted by molar-refractivity contribution is 7.89. The van der Waals surface area contributed by atoms with Crippen LogP contribution in [0, 0.1) is 17.8 Å². The number of hydrogen-bond acceptors (Lipinski definition) is 8. The van der Waals surface area contributed by atoms with E-state index in [0.29, 0.717) is 18.7 Å². The van der Waals surface area contributed by atoms with Crippen LogP contribution in [0.2, 0.25) is 0 Å². The first-order valence-corrected chi connectivity index (χ1v) is 13.6. The fourth-order valence-electron chi connectivity index (χ4n) is 4.45. The summed E-state index contributed by atoms with van der Waals surface area (Å²) in [6.07, 6.45) is -0.316. The van der Waals surface area contributed by atoms with E-state index in [1.54, 1.807) is 26.2 Å². The summed E-state index contributed by atoms with van der Waals surface area (Å²) in [5.74, 6) is 7.46. The zero-order chi connectivity index (χ0) is 26.6. The van der Waals surface area contributed by atoms with E-state index < -0.39 is 16.1 Å². The summed E-state index contributed by atoms with van der Waals surface area (Å²) in [6, 6.07) is 10.2. The van der Waals surface area contributed by atoms with Crippen molar-refractivity contribution in [3.63, 3.8) is 0 Å². The quantitative estimate of drug-likeness (QED) is 0.545. The largest absolute Gasteiger partial charge is 0.487 e. The summed E-state index contributed by atoms with van der Waals surface area (Å²) in [5.41, 5.74) is 1.70. The molecule has 0 saturated carbocycles. The molecule has 0 bridgehead atoms. The molecular formula is C27H34N2O7S. The molecule has 3 atom stereocenters. The average molecular weight is 531 g/mol. The van der Waals surface area contributed by atoms with Crippen LogP contribution < -0.4 is 14.2 Å². The predicted octanol–water partition coefficient (Wildman–Crippen LogP) is 2.31. The van der Waals surface area contributed by atoms with Gasteiger partial charge in [0.15, 0.2) is 11.5 Å². The molecule has 200 valence electrons. The topological polar surface area (TPSA) is 97.8 Å². The van der Waals surface area contributed by atoms with Gasteiger partial charge in [-0.05, 0) is 49.9 Å². The number of aliphatic hydroxyl groups is 1. The van der Waals surface area contributed by atoms with Gasteiger partial charge in [-0.1, -0.05) is 24.8 Å². The van der Waals surface area contributed by atoms with Crippen molar-refractivity contribution >= 4 is 10.0 Å². The highest BCUT2D eigenvalue weighted by atomic mass is 32.2. The zero-order valence-electron chi connectivity index (χ0n) is 21.6. The summed E-state index contributed by atoms with van der Waals surface area (Å²) in [4.78, 5) is 2.21. The molecule has 0 radical (unpaired) electrons. The fourth-order valence-corrected chi connectivity index (χ4v) is 6.28. The smallest absolute Gasteiger partial charge is 0.247 e. The van der Waals surface area contributed by atoms with Gasteiger partial charge in [-0.3, -0.25) is 4.90 Å². The van der Waals surface area contributed by atoms with E-state index in [-0.39, 0.29) is 49.2 Å². The Bertz CT molecular complexity index is 1270. The maximum atomic E-state index is 13.6. The molecule has 1 N–H and O–H groups in total. The molecule has 0 aromatic heterocycles. The van der Waals surface area contributed by atoms with Crippen LogP contribution in [0.5, 0.6) is 17.2 Å². The minimum atomic E-state index is -3.90. The summed E-state index contributed by atoms with van der Waals surface area (Å²) >= 11 is 0. The molecule has 10 heteroatoms. The molecular weight excluding hydrogens is 496 g/mol. The monoisotopic (exact) mass is 530 g/mol. The van der Waals surface area contributed by atoms with Crippen LogP contribution in [-0.2, 0) is 21.3 Å². The first kappa shape index (κ1) is 27.2. The number of fused-ring (bicyclic) bond motifs is 2. The van der Waals surface area contributed by atoms with Gasteiger partial charge in [0.2, 0.25) is 16.8 Å². The van der Waals surface area contributed by atoms with Gasteiger partial charge in [-0.2, -0.15) is 4.31 Å². The molecule has 2 aromatic rings. The third-order valence-electron chi connectivity index (χ3n) is 6.50. The first-order chi connectivity index (χ1) is 17.7. The van der Waals surface area contributed by atoms with Gasteiger partial charge in [0, 0.05) is 44.3 Å². The summed E-state index contributed by atoms with van der Waals surface area (Å²) < 4.78 is 50.9. The van der Waals surface area contributed by atoms with Gasteiger partial charge in [0.1, 0.15) is 23.4 Å². The van der Waals surface area contributed by atoms with E-state index in [1.165, 1.54) is 10.4 Å². The molecule has 2 aromatic carbocycles. The Morgan fingerprint density at radius 3 is 2.73 bits per heavy atom. The van der Waals surface area contributed by atoms with Crippen LogP contribution in [0.1, 0.15) is 25.0 Å². The number of rotatable bonds is 7. The number of hydrogen-bond donors (Lipinski definition) is 1. The third kappa shape index (κ3) is 6.20. The molecule has 0 amide bonds. The molecule has 2 heterocycles. The predicted molar refractivity (Wildman–Crippen MR) is 138 cm³/mol. The van der Waals surface area contributed by atoms with Crippen molar-refractivity contribution in [3.05, 3.63) is 47.5 Å². The number of aliphatic hydroxyl groups excluding tert-OH is 1. The maximum absolute atomic E-state index is 13.6. The van der Waals surface area contributed by atoms with Crippen molar-refractivity contribution in [1.29, 1.82) is 0 Å². The minimum absolute atomic E-state index is 0.0698. The molecule has 0 unspecified atom stereocenters. The number of methoxy groups -OCH3 is 1. The SMILES string of the molecule is COCC#Cc1ccc2c(c1)O[C@@H](CN(C)Cc1ccc3c(c1)OCO3)[C@@H](C)CN([C@@H](C)CO)S2(=O)=O. The molecule has 2 aliphatic rings. The summed E-state index contributed by atoms with van der Waals surface area (Å²) in [5, 5.41) is 9.83. The summed E-state index contributed by atoms with van der Waals surface area (Å²) in [6.45, 7) is 5.31. The van der Waals surface area contributed by atoms with Gasteiger partial charge in [-0.15, -0.1) is 0 Å². The van der Waals surface area contributed by atoms with E-state index in [1.807, 2.05) is 32.2 Å². The first-order valence-electron chi connectivity index (χ1n) is 12.2. The van der Waals surface area contributed by atoms with Crippen molar-refractivity contribution in [2.75, 3.05) is 47.3 Å². The molecule has 2 aliphatic heterocycles. The zero-order valence-corrected chi connectivity index (χ0v) is 22.5. The Balaban J connectivity index is 1.63. The van der Waals surface area contributed by atoms with Gasteiger partial charge >= 0.3 is 0 Å². The van der Waals surface area contributed by atoms with Gasteiger partial charge < -0.3 is 24.1 Å². The van der Waals surface area contributed by atoms with Crippen LogP contribution in [0.15, 0.2) is 41.3 Å². The Morgan fingerprint density at radius 1 is 1.19 bits per heavy atom. The second-order valence-electron chi connectivity index (χ2n) is 9.52. The number of likely N-dealkylation sites (N-methyl/N-ethyl adjacent to an activating group) is 1. The molecule has 0 fully saturated rings. The number of ether oxygens (including phenoxy) is 4. The van der Waals surface area contributed by atoms with Gasteiger partial charge in [0.25, 0.3) is 0 Å². The molecule has 9 nitrogen and oxygen atoms in total. The van der Waals surface area contributed by atoms with Crippen molar-refractivity contribution in [3.8, 4) is 29.1 Å². The lowest BCUT2D eigenvalue weighted by molar-refractivity contribution is 0.0733. The van der Waals surface area contributed by atoms with E-state index in [4.69, 9.17) is 18.9 Å². The van der Waals surface area contributed by atoms with Crippen molar-refractivity contribution in [2.45, 2.75) is 37.4 Å². The third-order valence-corrected chi connectivity index (χ3v) is 8.52. The van der Waals surface area contributed by atoms with E-state index in [2.05, 4.69) is 16.7 Å². The molecule has 0 saturated heterocycles. The molecule has 0 aliphatic carbocycles. The van der Waals surface area contributed by atoms with Crippen LogP contribution in [0.4, 0.5) is 0 Å². The maximum Gasteiger partial charge on any atom is 0.247 e. The van der Waals surface area contributed by atoms with Gasteiger partial charge in [-0.25, -0.2) is 8.42 Å². The fraction of sp³-hybridized carbons (Fsp3) is 0.481. The van der Waals surface area contributed by atoms with Crippen molar-refractivity contribution < 1.29 is 32.5 Å². The average Bonchev–Trinajstić information content (AvgIpc) is 3.34. The standard InChI is InChI=1S/C27H34N2O7S/c1-19-14-29(20(2)17-30)37(31,32)27-10-8-21(6-5-11-33-4)12-25(27)36-26(19)16-28(3)15-22-7-9-23-24(13-22)35-18-34-23/h7-10,12-13,19-20,26,30H,11,14-18H2,1-4H3/t19-,20-,26-/m0/s1. The number of benzene rings is 2. The number of sulfonamides is 1. The normalized spacial score (nSPS) is 21.2. The second-order valence-corrected chi connectivity index (χ2v) is 11.4. The van der Waals surface area contributed by atoms with E-state index in [9.17, 15) is 13.5 Å². The number of nitrogens with zero attached hydrogens (tertiary/aromatic N) is 2. The summed E-state index contributed by atoms with van der Waals surface area (Å²) in [7, 11) is -0.338. The lowest BCUT2D eigenvalue weighted by Gasteiger charge is -2.37. The molecule has 37 heavy (non-hydrogen) atoms. The highest BCUT2D eigenvalue weighted by Crippen LogP contribution is 2.35. The van der Waals surface area contributed by atoms with E-state index >= 15 is 0 Å². The van der Waals surface area contributed by atoms with Crippen molar-refractivity contribution in [2.24, 2.45) is 5.92 Å². The Morgan fingerprint density at radius 2 is 1.97 bits per heavy atom. The Labute approximate surface area is 218 Å².